The first-order valence-electron chi connectivity index (χ1n) is 6.94. The van der Waals surface area contributed by atoms with Gasteiger partial charge in [-0.3, -0.25) is 0 Å². The Morgan fingerprint density at radius 2 is 1.84 bits per heavy atom. The van der Waals surface area contributed by atoms with Crippen molar-refractivity contribution in [3.63, 3.8) is 0 Å². The van der Waals surface area contributed by atoms with Gasteiger partial charge in [0.2, 0.25) is 17.2 Å². The SMILES string of the molecule is CCC1CCC(Nc2nc(Cl)nc(N(C)C)n2)CC1. The molecule has 106 valence electrons. The van der Waals surface area contributed by atoms with Gasteiger partial charge in [-0.1, -0.05) is 13.3 Å². The molecule has 0 amide bonds. The third kappa shape index (κ3) is 3.93. The van der Waals surface area contributed by atoms with Crippen molar-refractivity contribution in [3.8, 4) is 0 Å². The fourth-order valence-electron chi connectivity index (χ4n) is 2.50. The summed E-state index contributed by atoms with van der Waals surface area (Å²) in [6.45, 7) is 2.27. The van der Waals surface area contributed by atoms with Crippen LogP contribution in [-0.4, -0.2) is 35.1 Å². The summed E-state index contributed by atoms with van der Waals surface area (Å²) in [5, 5.41) is 3.63. The average molecular weight is 284 g/mol. The lowest BCUT2D eigenvalue weighted by atomic mass is 9.85. The molecule has 0 spiro atoms. The molecule has 0 saturated heterocycles. The molecule has 19 heavy (non-hydrogen) atoms. The van der Waals surface area contributed by atoms with Crippen molar-refractivity contribution < 1.29 is 0 Å². The second-order valence-corrected chi connectivity index (χ2v) is 5.73. The molecule has 1 saturated carbocycles. The van der Waals surface area contributed by atoms with Gasteiger partial charge in [-0.2, -0.15) is 15.0 Å². The first-order chi connectivity index (χ1) is 9.08. The zero-order valence-electron chi connectivity index (χ0n) is 11.9. The van der Waals surface area contributed by atoms with Crippen molar-refractivity contribution in [2.45, 2.75) is 45.1 Å². The summed E-state index contributed by atoms with van der Waals surface area (Å²) in [5.41, 5.74) is 0. The highest BCUT2D eigenvalue weighted by Crippen LogP contribution is 2.28. The van der Waals surface area contributed by atoms with Gasteiger partial charge in [0.15, 0.2) is 0 Å². The lowest BCUT2D eigenvalue weighted by molar-refractivity contribution is 0.329. The maximum absolute atomic E-state index is 5.93. The molecular formula is C13H22ClN5. The van der Waals surface area contributed by atoms with Gasteiger partial charge in [-0.25, -0.2) is 0 Å². The molecule has 0 bridgehead atoms. The van der Waals surface area contributed by atoms with E-state index in [2.05, 4.69) is 27.2 Å². The number of aromatic nitrogens is 3. The number of nitrogens with zero attached hydrogens (tertiary/aromatic N) is 4. The quantitative estimate of drug-likeness (QED) is 0.921. The van der Waals surface area contributed by atoms with Crippen LogP contribution in [0.4, 0.5) is 11.9 Å². The topological polar surface area (TPSA) is 53.9 Å². The second-order valence-electron chi connectivity index (χ2n) is 5.39. The molecule has 1 aliphatic rings. The van der Waals surface area contributed by atoms with Gasteiger partial charge < -0.3 is 10.2 Å². The van der Waals surface area contributed by atoms with Crippen LogP contribution in [0.1, 0.15) is 39.0 Å². The van der Waals surface area contributed by atoms with Crippen LogP contribution in [0.5, 0.6) is 0 Å². The normalized spacial score (nSPS) is 23.2. The van der Waals surface area contributed by atoms with Gasteiger partial charge in [0, 0.05) is 20.1 Å². The lowest BCUT2D eigenvalue weighted by Gasteiger charge is -2.28. The summed E-state index contributed by atoms with van der Waals surface area (Å²) < 4.78 is 0. The Balaban J connectivity index is 1.99. The second kappa shape index (κ2) is 6.37. The maximum Gasteiger partial charge on any atom is 0.230 e. The van der Waals surface area contributed by atoms with E-state index in [9.17, 15) is 0 Å². The molecule has 0 unspecified atom stereocenters. The Hall–Kier alpha value is -1.10. The van der Waals surface area contributed by atoms with E-state index >= 15 is 0 Å². The Bertz CT molecular complexity index is 415. The highest BCUT2D eigenvalue weighted by molar-refractivity contribution is 6.28. The van der Waals surface area contributed by atoms with Crippen molar-refractivity contribution in [2.75, 3.05) is 24.3 Å². The molecule has 1 heterocycles. The Kier molecular flexibility index (Phi) is 4.80. The molecular weight excluding hydrogens is 262 g/mol. The molecule has 0 atom stereocenters. The minimum atomic E-state index is 0.239. The van der Waals surface area contributed by atoms with E-state index in [0.29, 0.717) is 17.9 Å². The fourth-order valence-corrected chi connectivity index (χ4v) is 2.66. The lowest BCUT2D eigenvalue weighted by Crippen LogP contribution is -2.27. The van der Waals surface area contributed by atoms with E-state index in [0.717, 1.165) is 5.92 Å². The highest BCUT2D eigenvalue weighted by Gasteiger charge is 2.20. The molecule has 1 N–H and O–H groups in total. The third-order valence-electron chi connectivity index (χ3n) is 3.75. The summed E-state index contributed by atoms with van der Waals surface area (Å²) in [6, 6.07) is 0.455. The molecule has 6 heteroatoms. The molecule has 1 aliphatic carbocycles. The summed E-state index contributed by atoms with van der Waals surface area (Å²) in [6.07, 6.45) is 6.22. The summed E-state index contributed by atoms with van der Waals surface area (Å²) in [5.74, 6) is 2.06. The molecule has 1 aromatic rings. The fraction of sp³-hybridized carbons (Fsp3) is 0.769. The summed E-state index contributed by atoms with van der Waals surface area (Å²) in [4.78, 5) is 14.4. The largest absolute Gasteiger partial charge is 0.351 e. The van der Waals surface area contributed by atoms with E-state index in [-0.39, 0.29) is 5.28 Å². The Labute approximate surface area is 119 Å². The number of hydrogen-bond acceptors (Lipinski definition) is 5. The summed E-state index contributed by atoms with van der Waals surface area (Å²) in [7, 11) is 3.78. The van der Waals surface area contributed by atoms with Gasteiger partial charge in [0.25, 0.3) is 0 Å². The summed E-state index contributed by atoms with van der Waals surface area (Å²) >= 11 is 5.93. The predicted molar refractivity (Wildman–Crippen MR) is 78.8 cm³/mol. The number of rotatable bonds is 4. The predicted octanol–water partition coefficient (Wildman–Crippen LogP) is 2.97. The van der Waals surface area contributed by atoms with E-state index in [1.165, 1.54) is 32.1 Å². The van der Waals surface area contributed by atoms with Crippen molar-refractivity contribution in [1.29, 1.82) is 0 Å². The maximum atomic E-state index is 5.93. The Morgan fingerprint density at radius 3 is 2.42 bits per heavy atom. The molecule has 1 fully saturated rings. The van der Waals surface area contributed by atoms with Crippen LogP contribution >= 0.6 is 11.6 Å². The molecule has 0 radical (unpaired) electrons. The molecule has 5 nitrogen and oxygen atoms in total. The number of halogens is 1. The monoisotopic (exact) mass is 283 g/mol. The van der Waals surface area contributed by atoms with E-state index < -0.39 is 0 Å². The molecule has 0 aliphatic heterocycles. The van der Waals surface area contributed by atoms with Gasteiger partial charge in [0.05, 0.1) is 0 Å². The zero-order valence-corrected chi connectivity index (χ0v) is 12.6. The smallest absolute Gasteiger partial charge is 0.230 e. The third-order valence-corrected chi connectivity index (χ3v) is 3.92. The van der Waals surface area contributed by atoms with Crippen molar-refractivity contribution in [3.05, 3.63) is 5.28 Å². The Morgan fingerprint density at radius 1 is 1.16 bits per heavy atom. The van der Waals surface area contributed by atoms with E-state index in [1.54, 1.807) is 0 Å². The number of hydrogen-bond donors (Lipinski definition) is 1. The van der Waals surface area contributed by atoms with Crippen LogP contribution < -0.4 is 10.2 Å². The first kappa shape index (κ1) is 14.3. The minimum absolute atomic E-state index is 0.239. The van der Waals surface area contributed by atoms with E-state index in [4.69, 9.17) is 11.6 Å². The van der Waals surface area contributed by atoms with Gasteiger partial charge in [-0.05, 0) is 43.2 Å². The number of anilines is 2. The van der Waals surface area contributed by atoms with Gasteiger partial charge in [-0.15, -0.1) is 0 Å². The van der Waals surface area contributed by atoms with Crippen molar-refractivity contribution >= 4 is 23.5 Å². The minimum Gasteiger partial charge on any atom is -0.351 e. The molecule has 1 aromatic heterocycles. The van der Waals surface area contributed by atoms with Crippen LogP contribution in [-0.2, 0) is 0 Å². The zero-order chi connectivity index (χ0) is 13.8. The van der Waals surface area contributed by atoms with E-state index in [1.807, 2.05) is 19.0 Å². The standard InChI is InChI=1S/C13H22ClN5/c1-4-9-5-7-10(8-6-9)15-12-16-11(14)17-13(18-12)19(2)3/h9-10H,4-8H2,1-3H3,(H,15,16,17,18). The van der Waals surface area contributed by atoms with Crippen LogP contribution in [0.2, 0.25) is 5.28 Å². The van der Waals surface area contributed by atoms with Crippen molar-refractivity contribution in [1.82, 2.24) is 15.0 Å². The van der Waals surface area contributed by atoms with Crippen LogP contribution in [0, 0.1) is 5.92 Å². The van der Waals surface area contributed by atoms with Crippen molar-refractivity contribution in [2.24, 2.45) is 5.92 Å². The van der Waals surface area contributed by atoms with Crippen LogP contribution in [0.3, 0.4) is 0 Å². The van der Waals surface area contributed by atoms with Gasteiger partial charge >= 0.3 is 0 Å². The number of nitrogens with one attached hydrogen (secondary N) is 1. The van der Waals surface area contributed by atoms with Crippen LogP contribution in [0.25, 0.3) is 0 Å². The van der Waals surface area contributed by atoms with Crippen LogP contribution in [0.15, 0.2) is 0 Å². The average Bonchev–Trinajstić information content (AvgIpc) is 2.39. The molecule has 2 rings (SSSR count). The molecule has 0 aromatic carbocycles. The highest BCUT2D eigenvalue weighted by atomic mass is 35.5. The van der Waals surface area contributed by atoms with Gasteiger partial charge in [0.1, 0.15) is 0 Å². The first-order valence-corrected chi connectivity index (χ1v) is 7.31.